The minimum atomic E-state index is -0.142. The van der Waals surface area contributed by atoms with Crippen LogP contribution in [0.25, 0.3) is 11.1 Å². The molecular weight excluding hydrogens is 272 g/mol. The van der Waals surface area contributed by atoms with Gasteiger partial charge in [-0.15, -0.1) is 0 Å². The second kappa shape index (κ2) is 6.75. The number of hydrogen-bond acceptors (Lipinski definition) is 1. The van der Waals surface area contributed by atoms with Crippen molar-refractivity contribution in [1.82, 2.24) is 0 Å². The lowest BCUT2D eigenvalue weighted by Crippen LogP contribution is -3.12. The number of primary amides is 1. The summed E-state index contributed by atoms with van der Waals surface area (Å²) in [6.07, 6.45) is 2.04. The molecule has 1 aliphatic heterocycles. The molecule has 1 amide bonds. The SMILES string of the molecule is NC(=O)[C@H]1CCC[NH+](Cc2ccc(-c3ccccc3)cc2)C1. The Bertz CT molecular complexity index is 622. The fourth-order valence-electron chi connectivity index (χ4n) is 3.29. The summed E-state index contributed by atoms with van der Waals surface area (Å²) in [5, 5.41) is 0. The van der Waals surface area contributed by atoms with E-state index >= 15 is 0 Å². The number of likely N-dealkylation sites (tertiary alicyclic amines) is 1. The molecule has 0 aromatic heterocycles. The van der Waals surface area contributed by atoms with Gasteiger partial charge in [-0.2, -0.15) is 0 Å². The normalized spacial score (nSPS) is 21.5. The maximum Gasteiger partial charge on any atom is 0.226 e. The van der Waals surface area contributed by atoms with Crippen molar-refractivity contribution in [2.24, 2.45) is 11.7 Å². The molecule has 2 aromatic carbocycles. The molecule has 2 atom stereocenters. The van der Waals surface area contributed by atoms with Gasteiger partial charge in [-0.05, 0) is 24.0 Å². The van der Waals surface area contributed by atoms with E-state index in [0.717, 1.165) is 32.5 Å². The van der Waals surface area contributed by atoms with E-state index in [1.807, 2.05) is 6.07 Å². The van der Waals surface area contributed by atoms with Crippen LogP contribution in [-0.2, 0) is 11.3 Å². The van der Waals surface area contributed by atoms with Crippen molar-refractivity contribution in [2.45, 2.75) is 19.4 Å². The second-order valence-electron chi connectivity index (χ2n) is 6.19. The molecule has 3 N–H and O–H groups in total. The van der Waals surface area contributed by atoms with E-state index < -0.39 is 0 Å². The van der Waals surface area contributed by atoms with Gasteiger partial charge in [0.2, 0.25) is 5.91 Å². The first-order valence-electron chi connectivity index (χ1n) is 7.99. The van der Waals surface area contributed by atoms with Gasteiger partial charge in [0.05, 0.1) is 19.0 Å². The standard InChI is InChI=1S/C19H22N2O/c20-19(22)18-7-4-12-21(14-18)13-15-8-10-17(11-9-15)16-5-2-1-3-6-16/h1-3,5-6,8-11,18H,4,7,12-14H2,(H2,20,22)/p+1/t18-/m0/s1. The maximum absolute atomic E-state index is 11.4. The summed E-state index contributed by atoms with van der Waals surface area (Å²) < 4.78 is 0. The molecule has 0 saturated carbocycles. The highest BCUT2D eigenvalue weighted by Gasteiger charge is 2.26. The van der Waals surface area contributed by atoms with Crippen molar-refractivity contribution in [3.63, 3.8) is 0 Å². The van der Waals surface area contributed by atoms with Gasteiger partial charge >= 0.3 is 0 Å². The molecule has 1 aliphatic rings. The van der Waals surface area contributed by atoms with Crippen molar-refractivity contribution >= 4 is 5.91 Å². The predicted octanol–water partition coefficient (Wildman–Crippen LogP) is 1.63. The Balaban J connectivity index is 1.65. The van der Waals surface area contributed by atoms with E-state index in [1.165, 1.54) is 21.6 Å². The molecule has 2 aromatic rings. The van der Waals surface area contributed by atoms with Crippen LogP contribution in [0, 0.1) is 5.92 Å². The number of nitrogens with one attached hydrogen (secondary N) is 1. The second-order valence-corrected chi connectivity index (χ2v) is 6.19. The van der Waals surface area contributed by atoms with Crippen LogP contribution in [0.5, 0.6) is 0 Å². The minimum Gasteiger partial charge on any atom is -0.369 e. The van der Waals surface area contributed by atoms with Crippen molar-refractivity contribution in [2.75, 3.05) is 13.1 Å². The third-order valence-electron chi connectivity index (χ3n) is 4.54. The van der Waals surface area contributed by atoms with Crippen LogP contribution in [0.3, 0.4) is 0 Å². The Morgan fingerprint density at radius 2 is 1.73 bits per heavy atom. The van der Waals surface area contributed by atoms with Crippen LogP contribution in [0.15, 0.2) is 54.6 Å². The topological polar surface area (TPSA) is 47.5 Å². The maximum atomic E-state index is 11.4. The third kappa shape index (κ3) is 3.55. The van der Waals surface area contributed by atoms with Gasteiger partial charge in [-0.1, -0.05) is 54.6 Å². The van der Waals surface area contributed by atoms with Crippen molar-refractivity contribution < 1.29 is 9.69 Å². The summed E-state index contributed by atoms with van der Waals surface area (Å²) >= 11 is 0. The van der Waals surface area contributed by atoms with E-state index in [-0.39, 0.29) is 11.8 Å². The van der Waals surface area contributed by atoms with Gasteiger partial charge in [0.25, 0.3) is 0 Å². The number of carbonyl (C=O) groups is 1. The van der Waals surface area contributed by atoms with E-state index in [1.54, 1.807) is 0 Å². The van der Waals surface area contributed by atoms with E-state index in [4.69, 9.17) is 5.73 Å². The summed E-state index contributed by atoms with van der Waals surface area (Å²) in [5.74, 6) is -0.0935. The van der Waals surface area contributed by atoms with Crippen LogP contribution in [0.1, 0.15) is 18.4 Å². The Morgan fingerprint density at radius 1 is 1.05 bits per heavy atom. The molecule has 22 heavy (non-hydrogen) atoms. The smallest absolute Gasteiger partial charge is 0.226 e. The molecule has 3 heteroatoms. The van der Waals surface area contributed by atoms with Crippen LogP contribution in [-0.4, -0.2) is 19.0 Å². The number of amides is 1. The van der Waals surface area contributed by atoms with Gasteiger partial charge in [0.1, 0.15) is 6.54 Å². The third-order valence-corrected chi connectivity index (χ3v) is 4.54. The summed E-state index contributed by atoms with van der Waals surface area (Å²) in [4.78, 5) is 12.8. The molecule has 1 heterocycles. The average Bonchev–Trinajstić information content (AvgIpc) is 2.56. The average molecular weight is 295 g/mol. The molecule has 3 nitrogen and oxygen atoms in total. The fraction of sp³-hybridized carbons (Fsp3) is 0.316. The molecule has 0 radical (unpaired) electrons. The Kier molecular flexibility index (Phi) is 4.54. The number of benzene rings is 2. The van der Waals surface area contributed by atoms with Crippen molar-refractivity contribution in [3.05, 3.63) is 60.2 Å². The van der Waals surface area contributed by atoms with E-state index in [2.05, 4.69) is 48.5 Å². The van der Waals surface area contributed by atoms with E-state index in [9.17, 15) is 4.79 Å². The number of nitrogens with two attached hydrogens (primary N) is 1. The van der Waals surface area contributed by atoms with Gasteiger partial charge in [0.15, 0.2) is 0 Å². The lowest BCUT2D eigenvalue weighted by Gasteiger charge is -2.28. The monoisotopic (exact) mass is 295 g/mol. The molecular formula is C19H23N2O+. The van der Waals surface area contributed by atoms with Crippen molar-refractivity contribution in [3.8, 4) is 11.1 Å². The van der Waals surface area contributed by atoms with Gasteiger partial charge in [-0.25, -0.2) is 0 Å². The highest BCUT2D eigenvalue weighted by Crippen LogP contribution is 2.19. The lowest BCUT2D eigenvalue weighted by atomic mass is 9.97. The number of carbonyl (C=O) groups excluding carboxylic acids is 1. The zero-order valence-electron chi connectivity index (χ0n) is 12.8. The van der Waals surface area contributed by atoms with Crippen LogP contribution >= 0.6 is 0 Å². The first kappa shape index (κ1) is 14.8. The number of hydrogen-bond donors (Lipinski definition) is 2. The number of piperidine rings is 1. The van der Waals surface area contributed by atoms with Gasteiger partial charge in [0, 0.05) is 5.56 Å². The van der Waals surface area contributed by atoms with Crippen LogP contribution in [0.2, 0.25) is 0 Å². The van der Waals surface area contributed by atoms with Crippen LogP contribution in [0.4, 0.5) is 0 Å². The van der Waals surface area contributed by atoms with Gasteiger partial charge in [-0.3, -0.25) is 4.79 Å². The summed E-state index contributed by atoms with van der Waals surface area (Å²) in [6, 6.07) is 19.2. The van der Waals surface area contributed by atoms with Crippen molar-refractivity contribution in [1.29, 1.82) is 0 Å². The fourth-order valence-corrected chi connectivity index (χ4v) is 3.29. The lowest BCUT2D eigenvalue weighted by molar-refractivity contribution is -0.921. The zero-order valence-corrected chi connectivity index (χ0v) is 12.8. The number of rotatable bonds is 4. The molecule has 114 valence electrons. The predicted molar refractivity (Wildman–Crippen MR) is 88.2 cm³/mol. The Morgan fingerprint density at radius 3 is 2.41 bits per heavy atom. The zero-order chi connectivity index (χ0) is 15.4. The molecule has 0 aliphatic carbocycles. The molecule has 1 unspecified atom stereocenters. The quantitative estimate of drug-likeness (QED) is 0.885. The summed E-state index contributed by atoms with van der Waals surface area (Å²) in [7, 11) is 0. The minimum absolute atomic E-state index is 0.0485. The molecule has 1 fully saturated rings. The highest BCUT2D eigenvalue weighted by molar-refractivity contribution is 5.76. The molecule has 0 spiro atoms. The first-order chi connectivity index (χ1) is 10.7. The van der Waals surface area contributed by atoms with E-state index in [0.29, 0.717) is 0 Å². The first-order valence-corrected chi connectivity index (χ1v) is 7.99. The Hall–Kier alpha value is -2.13. The largest absolute Gasteiger partial charge is 0.369 e. The van der Waals surface area contributed by atoms with Gasteiger partial charge < -0.3 is 10.6 Å². The van der Waals surface area contributed by atoms with Crippen LogP contribution < -0.4 is 10.6 Å². The summed E-state index contributed by atoms with van der Waals surface area (Å²) in [6.45, 7) is 2.97. The molecule has 0 bridgehead atoms. The highest BCUT2D eigenvalue weighted by atomic mass is 16.1. The molecule has 3 rings (SSSR count). The number of quaternary nitrogens is 1. The summed E-state index contributed by atoms with van der Waals surface area (Å²) in [5.41, 5.74) is 9.26. The Labute approximate surface area is 131 Å². The molecule has 1 saturated heterocycles.